The summed E-state index contributed by atoms with van der Waals surface area (Å²) < 4.78 is 17.0. The molecule has 2 aliphatic rings. The third kappa shape index (κ3) is 4.15. The van der Waals surface area contributed by atoms with E-state index in [-0.39, 0.29) is 12.1 Å². The monoisotopic (exact) mass is 425 g/mol. The van der Waals surface area contributed by atoms with Gasteiger partial charge in [-0.1, -0.05) is 13.8 Å². The minimum Gasteiger partial charge on any atom is -0.496 e. The van der Waals surface area contributed by atoms with Gasteiger partial charge in [0.05, 0.1) is 42.9 Å². The average molecular weight is 426 g/mol. The van der Waals surface area contributed by atoms with Crippen molar-refractivity contribution in [2.24, 2.45) is 0 Å². The first-order valence-corrected chi connectivity index (χ1v) is 11.5. The maximum atomic E-state index is 5.79. The summed E-state index contributed by atoms with van der Waals surface area (Å²) in [6.45, 7) is 5.78. The molecular formula is C25H35N3O3. The number of aryl methyl sites for hydroxylation is 4. The van der Waals surface area contributed by atoms with Crippen molar-refractivity contribution in [1.29, 1.82) is 0 Å². The van der Waals surface area contributed by atoms with Crippen LogP contribution in [-0.2, 0) is 35.2 Å². The Morgan fingerprint density at radius 1 is 1.00 bits per heavy atom. The molecular weight excluding hydrogens is 390 g/mol. The smallest absolute Gasteiger partial charge is 0.151 e. The Morgan fingerprint density at radius 3 is 2.39 bits per heavy atom. The molecule has 1 saturated heterocycles. The second-order valence-corrected chi connectivity index (χ2v) is 8.53. The Kier molecular flexibility index (Phi) is 6.77. The molecule has 1 fully saturated rings. The highest BCUT2D eigenvalue weighted by Gasteiger charge is 2.35. The summed E-state index contributed by atoms with van der Waals surface area (Å²) in [5.41, 5.74) is 6.89. The fraction of sp³-hybridized carbons (Fsp3) is 0.600. The summed E-state index contributed by atoms with van der Waals surface area (Å²) in [5, 5.41) is 0. The molecule has 31 heavy (non-hydrogen) atoms. The average Bonchev–Trinajstić information content (AvgIpc) is 3.43. The molecule has 0 N–H and O–H groups in total. The van der Waals surface area contributed by atoms with E-state index in [0.717, 1.165) is 72.9 Å². The summed E-state index contributed by atoms with van der Waals surface area (Å²) in [7, 11) is 5.29. The lowest BCUT2D eigenvalue weighted by Gasteiger charge is -2.27. The Hall–Kier alpha value is -2.18. The van der Waals surface area contributed by atoms with Gasteiger partial charge >= 0.3 is 0 Å². The zero-order valence-corrected chi connectivity index (χ0v) is 19.5. The van der Waals surface area contributed by atoms with Crippen molar-refractivity contribution < 1.29 is 14.2 Å². The molecule has 0 radical (unpaired) electrons. The maximum Gasteiger partial charge on any atom is 0.151 e. The van der Waals surface area contributed by atoms with E-state index < -0.39 is 0 Å². The standard InChI is InChI=1S/C25H35N3O3/c1-6-21-24(20-11-16-9-8-10-17(16)12-23(20)31-5)26-22(7-2)25(27-21)28-14-19(30-4)13-18(28)15-29-3/h11-12,18-19H,6-10,13-15H2,1-5H3. The Bertz CT molecular complexity index is 931. The van der Waals surface area contributed by atoms with E-state index >= 15 is 0 Å². The third-order valence-electron chi connectivity index (χ3n) is 6.70. The van der Waals surface area contributed by atoms with Gasteiger partial charge in [-0.15, -0.1) is 0 Å². The number of benzene rings is 1. The largest absolute Gasteiger partial charge is 0.496 e. The van der Waals surface area contributed by atoms with Crippen LogP contribution in [0, 0.1) is 0 Å². The molecule has 0 saturated carbocycles. The molecule has 1 aromatic carbocycles. The van der Waals surface area contributed by atoms with Crippen molar-refractivity contribution in [3.8, 4) is 17.0 Å². The van der Waals surface area contributed by atoms with Crippen LogP contribution in [0.15, 0.2) is 12.1 Å². The quantitative estimate of drug-likeness (QED) is 0.637. The highest BCUT2D eigenvalue weighted by molar-refractivity contribution is 5.72. The summed E-state index contributed by atoms with van der Waals surface area (Å²) in [6.07, 6.45) is 6.24. The number of rotatable bonds is 8. The van der Waals surface area contributed by atoms with Crippen molar-refractivity contribution in [3.05, 3.63) is 34.6 Å². The van der Waals surface area contributed by atoms with Crippen LogP contribution in [-0.4, -0.2) is 56.6 Å². The molecule has 168 valence electrons. The second kappa shape index (κ2) is 9.53. The van der Waals surface area contributed by atoms with Gasteiger partial charge in [-0.25, -0.2) is 9.97 Å². The van der Waals surface area contributed by atoms with E-state index in [9.17, 15) is 0 Å². The van der Waals surface area contributed by atoms with E-state index in [4.69, 9.17) is 24.2 Å². The predicted octanol–water partition coefficient (Wildman–Crippen LogP) is 4.01. The fourth-order valence-electron chi connectivity index (χ4n) is 5.03. The van der Waals surface area contributed by atoms with Crippen LogP contribution >= 0.6 is 0 Å². The van der Waals surface area contributed by atoms with Crippen LogP contribution in [0.25, 0.3) is 11.3 Å². The fourth-order valence-corrected chi connectivity index (χ4v) is 5.03. The lowest BCUT2D eigenvalue weighted by atomic mass is 10.0. The second-order valence-electron chi connectivity index (χ2n) is 8.53. The molecule has 6 nitrogen and oxygen atoms in total. The first-order chi connectivity index (χ1) is 15.1. The summed E-state index contributed by atoms with van der Waals surface area (Å²) in [5.74, 6) is 1.88. The van der Waals surface area contributed by atoms with E-state index in [1.165, 1.54) is 17.5 Å². The van der Waals surface area contributed by atoms with Gasteiger partial charge in [0, 0.05) is 26.3 Å². The van der Waals surface area contributed by atoms with E-state index in [2.05, 4.69) is 30.9 Å². The molecule has 2 atom stereocenters. The van der Waals surface area contributed by atoms with Gasteiger partial charge in [-0.2, -0.15) is 0 Å². The topological polar surface area (TPSA) is 56.7 Å². The molecule has 2 aromatic rings. The van der Waals surface area contributed by atoms with Gasteiger partial charge in [0.1, 0.15) is 5.75 Å². The number of ether oxygens (including phenoxy) is 3. The van der Waals surface area contributed by atoms with Crippen molar-refractivity contribution >= 4 is 5.82 Å². The zero-order valence-electron chi connectivity index (χ0n) is 19.5. The van der Waals surface area contributed by atoms with Gasteiger partial charge in [0.25, 0.3) is 0 Å². The highest BCUT2D eigenvalue weighted by atomic mass is 16.5. The number of hydrogen-bond donors (Lipinski definition) is 0. The van der Waals surface area contributed by atoms with E-state index in [0.29, 0.717) is 6.61 Å². The van der Waals surface area contributed by atoms with Gasteiger partial charge in [-0.05, 0) is 61.8 Å². The molecule has 1 aliphatic heterocycles. The lowest BCUT2D eigenvalue weighted by Crippen LogP contribution is -2.35. The number of methoxy groups -OCH3 is 3. The highest BCUT2D eigenvalue weighted by Crippen LogP contribution is 2.38. The minimum absolute atomic E-state index is 0.188. The van der Waals surface area contributed by atoms with Crippen molar-refractivity contribution in [3.63, 3.8) is 0 Å². The van der Waals surface area contributed by atoms with Crippen LogP contribution in [0.2, 0.25) is 0 Å². The van der Waals surface area contributed by atoms with Crippen LogP contribution < -0.4 is 9.64 Å². The first kappa shape index (κ1) is 22.0. The molecule has 1 aliphatic carbocycles. The van der Waals surface area contributed by atoms with Crippen molar-refractivity contribution in [2.75, 3.05) is 39.4 Å². The van der Waals surface area contributed by atoms with Crippen LogP contribution in [0.5, 0.6) is 5.75 Å². The number of anilines is 1. The number of aromatic nitrogens is 2. The summed E-state index contributed by atoms with van der Waals surface area (Å²) in [6, 6.07) is 4.74. The maximum absolute atomic E-state index is 5.79. The molecule has 6 heteroatoms. The minimum atomic E-state index is 0.188. The molecule has 0 bridgehead atoms. The molecule has 1 aromatic heterocycles. The van der Waals surface area contributed by atoms with Crippen molar-refractivity contribution in [1.82, 2.24) is 9.97 Å². The van der Waals surface area contributed by atoms with Crippen molar-refractivity contribution in [2.45, 2.75) is 64.5 Å². The first-order valence-electron chi connectivity index (χ1n) is 11.5. The van der Waals surface area contributed by atoms with E-state index in [1.807, 2.05) is 0 Å². The normalized spacial score (nSPS) is 20.4. The SMILES string of the molecule is CCc1nc(N2CC(OC)CC2COC)c(CC)nc1-c1cc2c(cc1OC)CCC2. The Balaban J connectivity index is 1.81. The zero-order chi connectivity index (χ0) is 22.0. The lowest BCUT2D eigenvalue weighted by molar-refractivity contribution is 0.111. The van der Waals surface area contributed by atoms with Gasteiger partial charge in [0.15, 0.2) is 5.82 Å². The number of hydrogen-bond acceptors (Lipinski definition) is 6. The van der Waals surface area contributed by atoms with Gasteiger partial charge < -0.3 is 19.1 Å². The predicted molar refractivity (Wildman–Crippen MR) is 123 cm³/mol. The van der Waals surface area contributed by atoms with Crippen LogP contribution in [0.3, 0.4) is 0 Å². The third-order valence-corrected chi connectivity index (χ3v) is 6.70. The summed E-state index contributed by atoms with van der Waals surface area (Å²) >= 11 is 0. The number of fused-ring (bicyclic) bond motifs is 1. The molecule has 2 heterocycles. The molecule has 0 amide bonds. The molecule has 4 rings (SSSR count). The van der Waals surface area contributed by atoms with Crippen LogP contribution in [0.4, 0.5) is 5.82 Å². The van der Waals surface area contributed by atoms with Crippen LogP contribution in [0.1, 0.15) is 49.2 Å². The van der Waals surface area contributed by atoms with E-state index in [1.54, 1.807) is 21.3 Å². The molecule has 0 spiro atoms. The summed E-state index contributed by atoms with van der Waals surface area (Å²) in [4.78, 5) is 12.7. The Morgan fingerprint density at radius 2 is 1.74 bits per heavy atom. The molecule has 2 unspecified atom stereocenters. The van der Waals surface area contributed by atoms with Gasteiger partial charge in [0.2, 0.25) is 0 Å². The number of nitrogens with zero attached hydrogens (tertiary/aromatic N) is 3. The van der Waals surface area contributed by atoms with Gasteiger partial charge in [-0.3, -0.25) is 0 Å². The Labute approximate surface area is 185 Å².